The lowest BCUT2D eigenvalue weighted by molar-refractivity contribution is 1.11. The second-order valence-corrected chi connectivity index (χ2v) is 5.00. The van der Waals surface area contributed by atoms with Gasteiger partial charge in [-0.2, -0.15) is 5.26 Å². The highest BCUT2D eigenvalue weighted by Gasteiger charge is 2.02. The molecule has 0 aliphatic rings. The van der Waals surface area contributed by atoms with E-state index < -0.39 is 0 Å². The molecule has 2 aromatic carbocycles. The standard InChI is InChI=1S/C16H15ClN2/c1-11-3-4-13(12(2)7-11)10-19-15-5-6-16(17)14(8-15)9-18/h3-8,19H,10H2,1-2H3. The van der Waals surface area contributed by atoms with Crippen molar-refractivity contribution in [1.82, 2.24) is 0 Å². The molecule has 0 radical (unpaired) electrons. The van der Waals surface area contributed by atoms with E-state index >= 15 is 0 Å². The van der Waals surface area contributed by atoms with Crippen LogP contribution in [0.4, 0.5) is 5.69 Å². The smallest absolute Gasteiger partial charge is 0.101 e. The second-order valence-electron chi connectivity index (χ2n) is 4.59. The Labute approximate surface area is 118 Å². The number of aryl methyl sites for hydroxylation is 2. The lowest BCUT2D eigenvalue weighted by Gasteiger charge is -2.10. The van der Waals surface area contributed by atoms with Crippen LogP contribution in [0.15, 0.2) is 36.4 Å². The van der Waals surface area contributed by atoms with Gasteiger partial charge in [0.05, 0.1) is 10.6 Å². The number of benzene rings is 2. The number of rotatable bonds is 3. The molecule has 0 heterocycles. The molecule has 19 heavy (non-hydrogen) atoms. The van der Waals surface area contributed by atoms with E-state index in [1.807, 2.05) is 6.07 Å². The Morgan fingerprint density at radius 3 is 2.63 bits per heavy atom. The minimum Gasteiger partial charge on any atom is -0.381 e. The predicted octanol–water partition coefficient (Wildman–Crippen LogP) is 4.44. The quantitative estimate of drug-likeness (QED) is 0.895. The second kappa shape index (κ2) is 5.77. The van der Waals surface area contributed by atoms with Gasteiger partial charge in [0.15, 0.2) is 0 Å². The molecule has 0 bridgehead atoms. The largest absolute Gasteiger partial charge is 0.381 e. The lowest BCUT2D eigenvalue weighted by atomic mass is 10.1. The van der Waals surface area contributed by atoms with Gasteiger partial charge in [-0.1, -0.05) is 35.4 Å². The van der Waals surface area contributed by atoms with Gasteiger partial charge in [0, 0.05) is 12.2 Å². The zero-order valence-electron chi connectivity index (χ0n) is 11.0. The zero-order chi connectivity index (χ0) is 13.8. The van der Waals surface area contributed by atoms with Crippen LogP contribution in [0, 0.1) is 25.2 Å². The maximum absolute atomic E-state index is 8.94. The van der Waals surface area contributed by atoms with Crippen molar-refractivity contribution in [1.29, 1.82) is 5.26 Å². The van der Waals surface area contributed by atoms with Crippen molar-refractivity contribution < 1.29 is 0 Å². The molecule has 0 atom stereocenters. The predicted molar refractivity (Wildman–Crippen MR) is 79.4 cm³/mol. The molecule has 0 amide bonds. The highest BCUT2D eigenvalue weighted by Crippen LogP contribution is 2.20. The van der Waals surface area contributed by atoms with E-state index in [4.69, 9.17) is 16.9 Å². The van der Waals surface area contributed by atoms with Crippen molar-refractivity contribution in [2.45, 2.75) is 20.4 Å². The Balaban J connectivity index is 2.13. The Hall–Kier alpha value is -1.98. The molecule has 0 aliphatic carbocycles. The van der Waals surface area contributed by atoms with E-state index in [9.17, 15) is 0 Å². The van der Waals surface area contributed by atoms with Crippen molar-refractivity contribution in [3.05, 3.63) is 63.7 Å². The van der Waals surface area contributed by atoms with Gasteiger partial charge in [0.25, 0.3) is 0 Å². The molecule has 0 spiro atoms. The first kappa shape index (κ1) is 13.5. The molecule has 0 aromatic heterocycles. The fourth-order valence-electron chi connectivity index (χ4n) is 1.96. The van der Waals surface area contributed by atoms with Crippen LogP contribution in [-0.2, 0) is 6.54 Å². The highest BCUT2D eigenvalue weighted by molar-refractivity contribution is 6.31. The van der Waals surface area contributed by atoms with E-state index in [-0.39, 0.29) is 0 Å². The molecule has 0 fully saturated rings. The highest BCUT2D eigenvalue weighted by atomic mass is 35.5. The number of nitrogens with one attached hydrogen (secondary N) is 1. The Kier molecular flexibility index (Phi) is 4.09. The number of nitriles is 1. The topological polar surface area (TPSA) is 35.8 Å². The molecule has 0 unspecified atom stereocenters. The molecule has 0 saturated carbocycles. The first-order chi connectivity index (χ1) is 9.10. The van der Waals surface area contributed by atoms with Gasteiger partial charge < -0.3 is 5.32 Å². The van der Waals surface area contributed by atoms with Gasteiger partial charge in [-0.05, 0) is 43.2 Å². The van der Waals surface area contributed by atoms with Gasteiger partial charge in [0.2, 0.25) is 0 Å². The molecule has 0 aliphatic heterocycles. The molecular formula is C16H15ClN2. The summed E-state index contributed by atoms with van der Waals surface area (Å²) >= 11 is 5.91. The Bertz CT molecular complexity index is 642. The summed E-state index contributed by atoms with van der Waals surface area (Å²) < 4.78 is 0. The van der Waals surface area contributed by atoms with Gasteiger partial charge >= 0.3 is 0 Å². The molecule has 2 aromatic rings. The number of hydrogen-bond acceptors (Lipinski definition) is 2. The van der Waals surface area contributed by atoms with Crippen molar-refractivity contribution >= 4 is 17.3 Å². The van der Waals surface area contributed by atoms with Crippen molar-refractivity contribution in [2.75, 3.05) is 5.32 Å². The Morgan fingerprint density at radius 1 is 1.16 bits per heavy atom. The van der Waals surface area contributed by atoms with Crippen LogP contribution in [0.5, 0.6) is 0 Å². The third kappa shape index (κ3) is 3.27. The summed E-state index contributed by atoms with van der Waals surface area (Å²) in [5.74, 6) is 0. The fourth-order valence-corrected chi connectivity index (χ4v) is 2.12. The molecular weight excluding hydrogens is 256 g/mol. The molecule has 2 rings (SSSR count). The summed E-state index contributed by atoms with van der Waals surface area (Å²) in [6, 6.07) is 13.9. The number of halogens is 1. The Morgan fingerprint density at radius 2 is 1.95 bits per heavy atom. The fraction of sp³-hybridized carbons (Fsp3) is 0.188. The van der Waals surface area contributed by atoms with Crippen LogP contribution >= 0.6 is 11.6 Å². The van der Waals surface area contributed by atoms with Crippen LogP contribution in [0.3, 0.4) is 0 Å². The van der Waals surface area contributed by atoms with Crippen LogP contribution < -0.4 is 5.32 Å². The lowest BCUT2D eigenvalue weighted by Crippen LogP contribution is -2.01. The third-order valence-corrected chi connectivity index (χ3v) is 3.40. The van der Waals surface area contributed by atoms with E-state index in [1.54, 1.807) is 12.1 Å². The normalized spacial score (nSPS) is 10.0. The number of anilines is 1. The van der Waals surface area contributed by atoms with Gasteiger partial charge in [-0.3, -0.25) is 0 Å². The van der Waals surface area contributed by atoms with Crippen molar-refractivity contribution in [3.63, 3.8) is 0 Å². The minimum atomic E-state index is 0.486. The SMILES string of the molecule is Cc1ccc(CNc2ccc(Cl)c(C#N)c2)c(C)c1. The number of hydrogen-bond donors (Lipinski definition) is 1. The van der Waals surface area contributed by atoms with Crippen LogP contribution in [0.25, 0.3) is 0 Å². The average molecular weight is 271 g/mol. The maximum atomic E-state index is 8.94. The summed E-state index contributed by atoms with van der Waals surface area (Å²) in [5.41, 5.74) is 5.17. The van der Waals surface area contributed by atoms with Crippen LogP contribution in [0.2, 0.25) is 5.02 Å². The molecule has 0 saturated heterocycles. The summed E-state index contributed by atoms with van der Waals surface area (Å²) in [6.07, 6.45) is 0. The van der Waals surface area contributed by atoms with E-state index in [2.05, 4.69) is 43.4 Å². The van der Waals surface area contributed by atoms with E-state index in [0.29, 0.717) is 10.6 Å². The van der Waals surface area contributed by atoms with Crippen LogP contribution in [0.1, 0.15) is 22.3 Å². The van der Waals surface area contributed by atoms with Crippen LogP contribution in [-0.4, -0.2) is 0 Å². The van der Waals surface area contributed by atoms with E-state index in [0.717, 1.165) is 12.2 Å². The van der Waals surface area contributed by atoms with Crippen molar-refractivity contribution in [3.8, 4) is 6.07 Å². The summed E-state index contributed by atoms with van der Waals surface area (Å²) in [7, 11) is 0. The van der Waals surface area contributed by atoms with Gasteiger partial charge in [-0.25, -0.2) is 0 Å². The van der Waals surface area contributed by atoms with Crippen molar-refractivity contribution in [2.24, 2.45) is 0 Å². The molecule has 2 nitrogen and oxygen atoms in total. The summed E-state index contributed by atoms with van der Waals surface area (Å²) in [5, 5.41) is 12.7. The molecule has 3 heteroatoms. The summed E-state index contributed by atoms with van der Waals surface area (Å²) in [6.45, 7) is 4.92. The molecule has 96 valence electrons. The van der Waals surface area contributed by atoms with Gasteiger partial charge in [0.1, 0.15) is 6.07 Å². The average Bonchev–Trinajstić information content (AvgIpc) is 2.39. The molecule has 1 N–H and O–H groups in total. The first-order valence-corrected chi connectivity index (χ1v) is 6.47. The van der Waals surface area contributed by atoms with Gasteiger partial charge in [-0.15, -0.1) is 0 Å². The minimum absolute atomic E-state index is 0.486. The number of nitrogens with zero attached hydrogens (tertiary/aromatic N) is 1. The summed E-state index contributed by atoms with van der Waals surface area (Å²) in [4.78, 5) is 0. The monoisotopic (exact) mass is 270 g/mol. The zero-order valence-corrected chi connectivity index (χ0v) is 11.8. The maximum Gasteiger partial charge on any atom is 0.101 e. The first-order valence-electron chi connectivity index (χ1n) is 6.10. The third-order valence-electron chi connectivity index (χ3n) is 3.07. The van der Waals surface area contributed by atoms with E-state index in [1.165, 1.54) is 16.7 Å².